The molecule has 28 heavy (non-hydrogen) atoms. The highest BCUT2D eigenvalue weighted by Crippen LogP contribution is 2.31. The van der Waals surface area contributed by atoms with Crippen molar-refractivity contribution in [3.05, 3.63) is 57.6 Å². The third-order valence-electron chi connectivity index (χ3n) is 4.08. The van der Waals surface area contributed by atoms with E-state index in [9.17, 15) is 4.79 Å². The highest BCUT2D eigenvalue weighted by atomic mass is 35.5. The number of hydrazone groups is 1. The molecule has 3 N–H and O–H groups in total. The van der Waals surface area contributed by atoms with E-state index in [1.807, 2.05) is 12.1 Å². The van der Waals surface area contributed by atoms with Gasteiger partial charge >= 0.3 is 6.03 Å². The van der Waals surface area contributed by atoms with Crippen LogP contribution in [0, 0.1) is 0 Å². The minimum atomic E-state index is -0.778. The maximum atomic E-state index is 10.7. The fourth-order valence-corrected chi connectivity index (χ4v) is 2.99. The number of rotatable bonds is 9. The maximum Gasteiger partial charge on any atom is 0.332 e. The van der Waals surface area contributed by atoms with Crippen molar-refractivity contribution in [1.82, 2.24) is 5.43 Å². The molecule has 0 spiro atoms. The first-order valence-corrected chi connectivity index (χ1v) is 9.59. The molecule has 0 aliphatic rings. The third-order valence-corrected chi connectivity index (χ3v) is 4.57. The number of benzene rings is 2. The van der Waals surface area contributed by atoms with Crippen LogP contribution < -0.4 is 20.6 Å². The molecule has 0 aliphatic heterocycles. The Bertz CT molecular complexity index is 826. The number of urea groups is 1. The van der Waals surface area contributed by atoms with Crippen LogP contribution in [0.5, 0.6) is 11.5 Å². The van der Waals surface area contributed by atoms with Crippen LogP contribution in [-0.4, -0.2) is 25.5 Å². The molecule has 0 saturated heterocycles. The standard InChI is InChI=1S/C20H23Cl2N3O3/c1-3-13(2)14-4-6-17(7-5-14)27-8-9-28-19-15(12-24-25-20(23)26)10-16(21)11-18(19)22/h4-7,10-13H,3,8-9H2,1-2H3,(H3,23,25,26)/b24-12-/t13-/m0/s1. The fraction of sp³-hybridized carbons (Fsp3) is 0.300. The number of halogens is 2. The summed E-state index contributed by atoms with van der Waals surface area (Å²) in [5, 5.41) is 4.45. The topological polar surface area (TPSA) is 85.9 Å². The monoisotopic (exact) mass is 423 g/mol. The molecule has 1 atom stereocenters. The fourth-order valence-electron chi connectivity index (χ4n) is 2.43. The molecule has 2 aromatic carbocycles. The Labute approximate surface area is 174 Å². The van der Waals surface area contributed by atoms with E-state index in [1.54, 1.807) is 12.1 Å². The van der Waals surface area contributed by atoms with Gasteiger partial charge in [0.25, 0.3) is 0 Å². The highest BCUT2D eigenvalue weighted by Gasteiger charge is 2.10. The summed E-state index contributed by atoms with van der Waals surface area (Å²) in [5.41, 5.74) is 8.87. The van der Waals surface area contributed by atoms with Gasteiger partial charge in [0.05, 0.1) is 11.2 Å². The number of carbonyl (C=O) groups is 1. The van der Waals surface area contributed by atoms with Crippen LogP contribution in [0.1, 0.15) is 37.3 Å². The van der Waals surface area contributed by atoms with Crippen molar-refractivity contribution in [1.29, 1.82) is 0 Å². The van der Waals surface area contributed by atoms with Crippen LogP contribution >= 0.6 is 23.2 Å². The van der Waals surface area contributed by atoms with E-state index >= 15 is 0 Å². The van der Waals surface area contributed by atoms with Crippen LogP contribution in [-0.2, 0) is 0 Å². The van der Waals surface area contributed by atoms with Crippen molar-refractivity contribution < 1.29 is 14.3 Å². The summed E-state index contributed by atoms with van der Waals surface area (Å²) in [6, 6.07) is 10.4. The number of hydrogen-bond acceptors (Lipinski definition) is 4. The zero-order valence-electron chi connectivity index (χ0n) is 15.7. The molecule has 0 saturated carbocycles. The first-order valence-electron chi connectivity index (χ1n) is 8.83. The second-order valence-electron chi connectivity index (χ2n) is 6.12. The van der Waals surface area contributed by atoms with Crippen molar-refractivity contribution >= 4 is 35.4 Å². The average molecular weight is 424 g/mol. The molecule has 2 aromatic rings. The smallest absolute Gasteiger partial charge is 0.332 e. The Hall–Kier alpha value is -2.44. The lowest BCUT2D eigenvalue weighted by Crippen LogP contribution is -2.24. The van der Waals surface area contributed by atoms with Crippen molar-refractivity contribution in [2.45, 2.75) is 26.2 Å². The van der Waals surface area contributed by atoms with E-state index in [0.29, 0.717) is 33.9 Å². The summed E-state index contributed by atoms with van der Waals surface area (Å²) < 4.78 is 11.4. The quantitative estimate of drug-likeness (QED) is 0.339. The molecule has 0 aliphatic carbocycles. The molecular weight excluding hydrogens is 401 g/mol. The minimum Gasteiger partial charge on any atom is -0.490 e. The van der Waals surface area contributed by atoms with E-state index in [4.69, 9.17) is 38.4 Å². The SMILES string of the molecule is CC[C@H](C)c1ccc(OCCOc2c(Cl)cc(Cl)cc2/C=N\NC(N)=O)cc1. The molecule has 0 aromatic heterocycles. The molecule has 2 rings (SSSR count). The summed E-state index contributed by atoms with van der Waals surface area (Å²) in [6.07, 6.45) is 2.45. The lowest BCUT2D eigenvalue weighted by molar-refractivity contribution is 0.217. The molecule has 2 amide bonds. The number of primary amides is 1. The van der Waals surface area contributed by atoms with Gasteiger partial charge in [-0.2, -0.15) is 5.10 Å². The van der Waals surface area contributed by atoms with Gasteiger partial charge in [0, 0.05) is 10.6 Å². The molecule has 0 bridgehead atoms. The van der Waals surface area contributed by atoms with Gasteiger partial charge in [-0.15, -0.1) is 0 Å². The predicted molar refractivity (Wildman–Crippen MR) is 113 cm³/mol. The lowest BCUT2D eigenvalue weighted by atomic mass is 9.99. The largest absolute Gasteiger partial charge is 0.490 e. The van der Waals surface area contributed by atoms with Gasteiger partial charge in [0.1, 0.15) is 24.7 Å². The van der Waals surface area contributed by atoms with Gasteiger partial charge in [-0.1, -0.05) is 49.2 Å². The van der Waals surface area contributed by atoms with Gasteiger partial charge in [-0.25, -0.2) is 10.2 Å². The van der Waals surface area contributed by atoms with Gasteiger partial charge < -0.3 is 15.2 Å². The van der Waals surface area contributed by atoms with Gasteiger partial charge in [-0.05, 0) is 42.2 Å². The molecule has 0 unspecified atom stereocenters. The highest BCUT2D eigenvalue weighted by molar-refractivity contribution is 6.36. The zero-order valence-corrected chi connectivity index (χ0v) is 17.3. The number of carbonyl (C=O) groups excluding carboxylic acids is 1. The minimum absolute atomic E-state index is 0.262. The second kappa shape index (κ2) is 10.8. The summed E-state index contributed by atoms with van der Waals surface area (Å²) in [5.74, 6) is 1.68. The Morgan fingerprint density at radius 3 is 2.54 bits per heavy atom. The average Bonchev–Trinajstić information content (AvgIpc) is 2.66. The maximum absolute atomic E-state index is 10.7. The molecule has 6 nitrogen and oxygen atoms in total. The van der Waals surface area contributed by atoms with E-state index in [-0.39, 0.29) is 6.61 Å². The third kappa shape index (κ3) is 6.62. The Morgan fingerprint density at radius 1 is 1.21 bits per heavy atom. The number of amides is 2. The predicted octanol–water partition coefficient (Wildman–Crippen LogP) is 4.97. The Kier molecular flexibility index (Phi) is 8.42. The molecule has 150 valence electrons. The van der Waals surface area contributed by atoms with Crippen LogP contribution in [0.2, 0.25) is 10.0 Å². The zero-order chi connectivity index (χ0) is 20.5. The molecule has 0 radical (unpaired) electrons. The Balaban J connectivity index is 1.95. The van der Waals surface area contributed by atoms with E-state index in [0.717, 1.165) is 12.2 Å². The van der Waals surface area contributed by atoms with Crippen LogP contribution in [0.15, 0.2) is 41.5 Å². The summed E-state index contributed by atoms with van der Waals surface area (Å²) in [7, 11) is 0. The van der Waals surface area contributed by atoms with E-state index in [2.05, 4.69) is 36.5 Å². The second-order valence-corrected chi connectivity index (χ2v) is 6.96. The Morgan fingerprint density at radius 2 is 1.89 bits per heavy atom. The van der Waals surface area contributed by atoms with Crippen molar-refractivity contribution in [2.75, 3.05) is 13.2 Å². The normalized spacial score (nSPS) is 12.0. The first-order chi connectivity index (χ1) is 13.4. The first kappa shape index (κ1) is 21.9. The molecule has 8 heteroatoms. The van der Waals surface area contributed by atoms with E-state index < -0.39 is 6.03 Å². The lowest BCUT2D eigenvalue weighted by Gasteiger charge is -2.13. The number of nitrogens with zero attached hydrogens (tertiary/aromatic N) is 1. The molecule has 0 heterocycles. The van der Waals surface area contributed by atoms with Crippen molar-refractivity contribution in [3.8, 4) is 11.5 Å². The van der Waals surface area contributed by atoms with Crippen LogP contribution in [0.4, 0.5) is 4.79 Å². The number of ether oxygens (including phenoxy) is 2. The number of nitrogens with one attached hydrogen (secondary N) is 1. The summed E-state index contributed by atoms with van der Waals surface area (Å²) >= 11 is 12.2. The van der Waals surface area contributed by atoms with Crippen LogP contribution in [0.3, 0.4) is 0 Å². The van der Waals surface area contributed by atoms with Gasteiger partial charge in [-0.3, -0.25) is 0 Å². The van der Waals surface area contributed by atoms with Crippen LogP contribution in [0.25, 0.3) is 0 Å². The number of nitrogens with two attached hydrogens (primary N) is 1. The van der Waals surface area contributed by atoms with Gasteiger partial charge in [0.2, 0.25) is 0 Å². The summed E-state index contributed by atoms with van der Waals surface area (Å²) in [6.45, 7) is 4.95. The number of hydrogen-bond donors (Lipinski definition) is 2. The van der Waals surface area contributed by atoms with Gasteiger partial charge in [0.15, 0.2) is 0 Å². The molecular formula is C20H23Cl2N3O3. The molecule has 0 fully saturated rings. The van der Waals surface area contributed by atoms with Crippen molar-refractivity contribution in [2.24, 2.45) is 10.8 Å². The van der Waals surface area contributed by atoms with E-state index in [1.165, 1.54) is 11.8 Å². The summed E-state index contributed by atoms with van der Waals surface area (Å²) in [4.78, 5) is 10.7. The van der Waals surface area contributed by atoms with Crippen molar-refractivity contribution in [3.63, 3.8) is 0 Å².